The predicted octanol–water partition coefficient (Wildman–Crippen LogP) is 5.97. The van der Waals surface area contributed by atoms with Gasteiger partial charge in [-0.3, -0.25) is 5.41 Å². The third-order valence-electron chi connectivity index (χ3n) is 3.19. The Kier molecular flexibility index (Phi) is 7.04. The molecule has 0 amide bonds. The van der Waals surface area contributed by atoms with E-state index in [-0.39, 0.29) is 10.5 Å². The molecule has 0 saturated carbocycles. The molecule has 2 nitrogen and oxygen atoms in total. The van der Waals surface area contributed by atoms with Crippen molar-refractivity contribution in [2.45, 2.75) is 38.3 Å². The van der Waals surface area contributed by atoms with E-state index in [1.807, 2.05) is 11.9 Å². The van der Waals surface area contributed by atoms with E-state index in [1.165, 1.54) is 24.7 Å². The number of alkyl halides is 3. The molecule has 0 spiro atoms. The molecule has 1 aromatic rings. The van der Waals surface area contributed by atoms with Crippen molar-refractivity contribution in [3.63, 3.8) is 0 Å². The second-order valence-corrected chi connectivity index (χ2v) is 8.09. The fraction of sp³-hybridized carbons (Fsp3) is 0.412. The number of halogens is 3. The summed E-state index contributed by atoms with van der Waals surface area (Å²) in [4.78, 5) is 3.99. The predicted molar refractivity (Wildman–Crippen MR) is 102 cm³/mol. The van der Waals surface area contributed by atoms with Gasteiger partial charge in [-0.05, 0) is 13.0 Å². The number of allylic oxidation sites excluding steroid dienone is 2. The van der Waals surface area contributed by atoms with Crippen LogP contribution in [-0.4, -0.2) is 35.6 Å². The van der Waals surface area contributed by atoms with E-state index in [4.69, 9.17) is 5.41 Å². The first-order chi connectivity index (χ1) is 11.1. The molecule has 1 aromatic heterocycles. The molecule has 1 N–H and O–H groups in total. The van der Waals surface area contributed by atoms with Crippen LogP contribution >= 0.6 is 21.8 Å². The van der Waals surface area contributed by atoms with Crippen LogP contribution in [0.5, 0.6) is 0 Å². The number of hydrogen-bond donors (Lipinski definition) is 1. The van der Waals surface area contributed by atoms with Gasteiger partial charge in [0.05, 0.1) is 26.9 Å². The van der Waals surface area contributed by atoms with E-state index >= 15 is 0 Å². The lowest BCUT2D eigenvalue weighted by Crippen LogP contribution is -2.19. The average molecular weight is 377 g/mol. The molecular formula is C17H23F3N2S2. The molecule has 0 aromatic carbocycles. The molecule has 0 saturated heterocycles. The molecule has 0 bridgehead atoms. The SMILES string of the molecule is C=C1c2sc(C(=N)/C(=C\C)C(F)(F)F)cc2S(=C)CN1C.CCC. The molecule has 24 heavy (non-hydrogen) atoms. The van der Waals surface area contributed by atoms with Crippen LogP contribution in [0.4, 0.5) is 13.2 Å². The molecule has 2 rings (SSSR count). The smallest absolute Gasteiger partial charge is 0.365 e. The monoisotopic (exact) mass is 376 g/mol. The Balaban J connectivity index is 0.000000891. The van der Waals surface area contributed by atoms with E-state index in [9.17, 15) is 13.2 Å². The zero-order valence-corrected chi connectivity index (χ0v) is 16.0. The normalized spacial score (nSPS) is 18.0. The van der Waals surface area contributed by atoms with Crippen LogP contribution in [0, 0.1) is 5.41 Å². The number of thiophene rings is 1. The van der Waals surface area contributed by atoms with Gasteiger partial charge in [-0.25, -0.2) is 0 Å². The molecule has 1 atom stereocenters. The lowest BCUT2D eigenvalue weighted by atomic mass is 10.1. The number of hydrogen-bond acceptors (Lipinski definition) is 3. The van der Waals surface area contributed by atoms with Crippen LogP contribution in [-0.2, 0) is 0 Å². The highest BCUT2D eigenvalue weighted by molar-refractivity contribution is 8.14. The summed E-state index contributed by atoms with van der Waals surface area (Å²) >= 11 is 1.18. The minimum absolute atomic E-state index is 0.308. The van der Waals surface area contributed by atoms with Gasteiger partial charge in [-0.15, -0.1) is 21.8 Å². The summed E-state index contributed by atoms with van der Waals surface area (Å²) in [6.45, 7) is 9.51. The summed E-state index contributed by atoms with van der Waals surface area (Å²) in [5.41, 5.74) is -0.628. The third kappa shape index (κ3) is 4.39. The van der Waals surface area contributed by atoms with Crippen LogP contribution in [0.3, 0.4) is 0 Å². The highest BCUT2D eigenvalue weighted by atomic mass is 32.2. The van der Waals surface area contributed by atoms with Gasteiger partial charge in [0.1, 0.15) is 0 Å². The van der Waals surface area contributed by atoms with Gasteiger partial charge in [0.15, 0.2) is 0 Å². The maximum absolute atomic E-state index is 12.9. The summed E-state index contributed by atoms with van der Waals surface area (Å²) in [5, 5.41) is 7.87. The molecular weight excluding hydrogens is 353 g/mol. The highest BCUT2D eigenvalue weighted by Crippen LogP contribution is 2.45. The van der Waals surface area contributed by atoms with Crippen molar-refractivity contribution in [1.29, 1.82) is 5.41 Å². The van der Waals surface area contributed by atoms with E-state index in [1.54, 1.807) is 6.07 Å². The fourth-order valence-corrected chi connectivity index (χ4v) is 5.07. The Morgan fingerprint density at radius 3 is 2.46 bits per heavy atom. The third-order valence-corrected chi connectivity index (χ3v) is 6.16. The Morgan fingerprint density at radius 1 is 1.46 bits per heavy atom. The average Bonchev–Trinajstić information content (AvgIpc) is 2.90. The summed E-state index contributed by atoms with van der Waals surface area (Å²) in [7, 11) is 1.56. The Morgan fingerprint density at radius 2 is 2.00 bits per heavy atom. The van der Waals surface area contributed by atoms with E-state index in [0.717, 1.165) is 21.5 Å². The quantitative estimate of drug-likeness (QED) is 0.499. The van der Waals surface area contributed by atoms with Crippen LogP contribution in [0.2, 0.25) is 0 Å². The van der Waals surface area contributed by atoms with Crippen molar-refractivity contribution in [2.24, 2.45) is 0 Å². The molecule has 1 aliphatic rings. The standard InChI is InChI=1S/C14H15F3N2S2.C3H8/c1-5-9(14(15,16)17)12(18)10-6-11-13(20-10)8(2)19(3)7-21(11)4;1-3-2/h5-6,18H,2,4,7H2,1,3H3;3H2,1-2H3/b9-5+,18-12?;. The first-order valence-corrected chi connectivity index (χ1v) is 9.83. The van der Waals surface area contributed by atoms with Gasteiger partial charge in [0, 0.05) is 17.6 Å². The Hall–Kier alpha value is -1.34. The van der Waals surface area contributed by atoms with Crippen molar-refractivity contribution < 1.29 is 13.2 Å². The number of rotatable bonds is 2. The van der Waals surface area contributed by atoms with E-state index < -0.39 is 17.5 Å². The summed E-state index contributed by atoms with van der Waals surface area (Å²) in [6, 6.07) is 1.66. The second kappa shape index (κ2) is 8.16. The van der Waals surface area contributed by atoms with Gasteiger partial charge in [0.25, 0.3) is 0 Å². The molecule has 1 aliphatic heterocycles. The Labute approximate surface area is 148 Å². The fourth-order valence-electron chi connectivity index (χ4n) is 2.05. The van der Waals surface area contributed by atoms with Crippen molar-refractivity contribution in [3.05, 3.63) is 34.0 Å². The van der Waals surface area contributed by atoms with Gasteiger partial charge < -0.3 is 4.90 Å². The number of fused-ring (bicyclic) bond motifs is 1. The van der Waals surface area contributed by atoms with Gasteiger partial charge in [-0.1, -0.05) is 38.8 Å². The first kappa shape index (κ1) is 20.7. The lowest BCUT2D eigenvalue weighted by molar-refractivity contribution is -0.0861. The minimum Gasteiger partial charge on any atom is -0.365 e. The molecule has 0 radical (unpaired) electrons. The van der Waals surface area contributed by atoms with Crippen molar-refractivity contribution in [3.8, 4) is 0 Å². The van der Waals surface area contributed by atoms with Gasteiger partial charge in [-0.2, -0.15) is 13.2 Å². The van der Waals surface area contributed by atoms with E-state index in [0.29, 0.717) is 10.8 Å². The molecule has 0 aliphatic carbocycles. The topological polar surface area (TPSA) is 27.1 Å². The minimum atomic E-state index is -4.52. The number of nitrogens with zero attached hydrogens (tertiary/aromatic N) is 1. The van der Waals surface area contributed by atoms with Gasteiger partial charge in [0.2, 0.25) is 0 Å². The molecule has 2 heterocycles. The first-order valence-electron chi connectivity index (χ1n) is 7.45. The van der Waals surface area contributed by atoms with Crippen molar-refractivity contribution in [1.82, 2.24) is 4.90 Å². The highest BCUT2D eigenvalue weighted by Gasteiger charge is 2.37. The van der Waals surface area contributed by atoms with Gasteiger partial charge >= 0.3 is 6.18 Å². The molecule has 0 fully saturated rings. The van der Waals surface area contributed by atoms with Crippen LogP contribution in [0.15, 0.2) is 29.2 Å². The van der Waals surface area contributed by atoms with Crippen molar-refractivity contribution in [2.75, 3.05) is 12.9 Å². The largest absolute Gasteiger partial charge is 0.418 e. The van der Waals surface area contributed by atoms with Crippen LogP contribution in [0.25, 0.3) is 5.70 Å². The summed E-state index contributed by atoms with van der Waals surface area (Å²) < 4.78 is 38.7. The lowest BCUT2D eigenvalue weighted by Gasteiger charge is -2.28. The second-order valence-electron chi connectivity index (χ2n) is 5.35. The zero-order valence-electron chi connectivity index (χ0n) is 14.4. The van der Waals surface area contributed by atoms with Crippen LogP contribution in [0.1, 0.15) is 36.9 Å². The number of nitrogens with one attached hydrogen (secondary N) is 1. The zero-order chi connectivity index (χ0) is 18.7. The molecule has 7 heteroatoms. The maximum atomic E-state index is 12.9. The summed E-state index contributed by atoms with van der Waals surface area (Å²) in [5.74, 6) is 4.75. The summed E-state index contributed by atoms with van der Waals surface area (Å²) in [6.07, 6.45) is -2.33. The van der Waals surface area contributed by atoms with Crippen LogP contribution < -0.4 is 0 Å². The molecule has 134 valence electrons. The maximum Gasteiger partial charge on any atom is 0.418 e. The van der Waals surface area contributed by atoms with E-state index in [2.05, 4.69) is 26.3 Å². The Bertz CT molecular complexity index is 684. The molecule has 1 unspecified atom stereocenters. The van der Waals surface area contributed by atoms with Crippen molar-refractivity contribution >= 4 is 39.1 Å².